The zero-order chi connectivity index (χ0) is 11.7. The molecule has 15 heavy (non-hydrogen) atoms. The van der Waals surface area contributed by atoms with Gasteiger partial charge in [-0.15, -0.1) is 0 Å². The van der Waals surface area contributed by atoms with E-state index in [1.807, 2.05) is 0 Å². The lowest BCUT2D eigenvalue weighted by Gasteiger charge is -2.08. The molecule has 0 aliphatic heterocycles. The van der Waals surface area contributed by atoms with Crippen LogP contribution in [0.4, 0.5) is 0 Å². The quantitative estimate of drug-likeness (QED) is 0.764. The fourth-order valence-corrected chi connectivity index (χ4v) is 1.75. The molecule has 1 aromatic carbocycles. The zero-order valence-corrected chi connectivity index (χ0v) is 9.28. The van der Waals surface area contributed by atoms with Gasteiger partial charge in [-0.1, -0.05) is 34.8 Å². The van der Waals surface area contributed by atoms with Gasteiger partial charge in [-0.2, -0.15) is 5.26 Å². The Kier molecular flexibility index (Phi) is 3.30. The molecule has 0 aliphatic rings. The predicted molar refractivity (Wildman–Crippen MR) is 56.4 cm³/mol. The summed E-state index contributed by atoms with van der Waals surface area (Å²) in [6.45, 7) is 0. The van der Waals surface area contributed by atoms with Gasteiger partial charge in [0.05, 0.1) is 15.6 Å². The third-order valence-electron chi connectivity index (χ3n) is 1.65. The molecular weight excluding hydrogens is 262 g/mol. The van der Waals surface area contributed by atoms with Crippen molar-refractivity contribution in [3.63, 3.8) is 0 Å². The van der Waals surface area contributed by atoms with E-state index in [-0.39, 0.29) is 20.6 Å². The van der Waals surface area contributed by atoms with E-state index in [9.17, 15) is 9.90 Å². The lowest BCUT2D eigenvalue weighted by Crippen LogP contribution is -2.13. The van der Waals surface area contributed by atoms with Crippen LogP contribution in [0.25, 0.3) is 0 Å². The maximum absolute atomic E-state index is 10.9. The van der Waals surface area contributed by atoms with Crippen molar-refractivity contribution in [1.82, 2.24) is 0 Å². The predicted octanol–water partition coefficient (Wildman–Crippen LogP) is 2.32. The fourth-order valence-electron chi connectivity index (χ4n) is 0.972. The Hall–Kier alpha value is -1.15. The molecule has 7 heteroatoms. The smallest absolute Gasteiger partial charge is 0.254 e. The van der Waals surface area contributed by atoms with Crippen LogP contribution < -0.4 is 5.73 Å². The second kappa shape index (κ2) is 4.15. The van der Waals surface area contributed by atoms with Gasteiger partial charge in [-0.3, -0.25) is 4.79 Å². The maximum atomic E-state index is 10.9. The number of carbonyl (C=O) groups excluding carboxylic acids is 1. The third kappa shape index (κ3) is 1.82. The number of nitrogens with zero attached hydrogens (tertiary/aromatic N) is 1. The normalized spacial score (nSPS) is 9.73. The van der Waals surface area contributed by atoms with Crippen LogP contribution in [0, 0.1) is 11.3 Å². The number of hydrogen-bond donors (Lipinski definition) is 2. The number of nitriles is 1. The Morgan fingerprint density at radius 3 is 2.20 bits per heavy atom. The van der Waals surface area contributed by atoms with Gasteiger partial charge < -0.3 is 10.8 Å². The van der Waals surface area contributed by atoms with Crippen LogP contribution in [0.2, 0.25) is 15.1 Å². The van der Waals surface area contributed by atoms with E-state index >= 15 is 0 Å². The summed E-state index contributed by atoms with van der Waals surface area (Å²) < 4.78 is 0. The van der Waals surface area contributed by atoms with Gasteiger partial charge >= 0.3 is 0 Å². The summed E-state index contributed by atoms with van der Waals surface area (Å²) in [6.07, 6.45) is 0. The minimum atomic E-state index is -0.993. The van der Waals surface area contributed by atoms with Crippen molar-refractivity contribution in [2.45, 2.75) is 0 Å². The number of benzene rings is 1. The van der Waals surface area contributed by atoms with Crippen LogP contribution in [0.5, 0.6) is 5.75 Å². The van der Waals surface area contributed by atoms with Gasteiger partial charge in [0, 0.05) is 0 Å². The highest BCUT2D eigenvalue weighted by Gasteiger charge is 2.23. The van der Waals surface area contributed by atoms with Crippen LogP contribution in [-0.2, 0) is 0 Å². The number of hydrogen-bond acceptors (Lipinski definition) is 3. The number of amides is 1. The molecule has 78 valence electrons. The zero-order valence-electron chi connectivity index (χ0n) is 7.01. The first kappa shape index (κ1) is 11.9. The molecular formula is C8H3Cl3N2O2. The molecule has 0 aliphatic carbocycles. The largest absolute Gasteiger partial charge is 0.505 e. The second-order valence-corrected chi connectivity index (χ2v) is 3.65. The molecule has 1 amide bonds. The van der Waals surface area contributed by atoms with Crippen molar-refractivity contribution in [3.8, 4) is 11.8 Å². The summed E-state index contributed by atoms with van der Waals surface area (Å²) in [5, 5.41) is 17.3. The molecule has 0 fully saturated rings. The lowest BCUT2D eigenvalue weighted by atomic mass is 10.1. The average molecular weight is 265 g/mol. The van der Waals surface area contributed by atoms with E-state index in [0.29, 0.717) is 0 Å². The van der Waals surface area contributed by atoms with Crippen molar-refractivity contribution in [3.05, 3.63) is 26.2 Å². The maximum Gasteiger partial charge on any atom is 0.254 e. The molecule has 0 saturated carbocycles. The summed E-state index contributed by atoms with van der Waals surface area (Å²) in [4.78, 5) is 10.9. The fraction of sp³-hybridized carbons (Fsp3) is 0. The first-order valence-electron chi connectivity index (χ1n) is 3.51. The van der Waals surface area contributed by atoms with Crippen molar-refractivity contribution in [2.24, 2.45) is 5.73 Å². The minimum absolute atomic E-state index is 0.199. The van der Waals surface area contributed by atoms with Gasteiger partial charge in [0.15, 0.2) is 0 Å². The van der Waals surface area contributed by atoms with Crippen molar-refractivity contribution >= 4 is 40.7 Å². The number of aromatic hydroxyl groups is 1. The van der Waals surface area contributed by atoms with Crippen molar-refractivity contribution in [1.29, 1.82) is 5.26 Å². The van der Waals surface area contributed by atoms with E-state index in [0.717, 1.165) is 0 Å². The van der Waals surface area contributed by atoms with E-state index in [4.69, 9.17) is 45.8 Å². The summed E-state index contributed by atoms with van der Waals surface area (Å²) in [6, 6.07) is 1.66. The minimum Gasteiger partial charge on any atom is -0.505 e. The first-order valence-corrected chi connectivity index (χ1v) is 4.64. The van der Waals surface area contributed by atoms with E-state index in [1.165, 1.54) is 0 Å². The Morgan fingerprint density at radius 2 is 1.80 bits per heavy atom. The van der Waals surface area contributed by atoms with E-state index in [2.05, 4.69) is 0 Å². The monoisotopic (exact) mass is 264 g/mol. The highest BCUT2D eigenvalue weighted by atomic mass is 35.5. The third-order valence-corrected chi connectivity index (χ3v) is 2.87. The average Bonchev–Trinajstić information content (AvgIpc) is 2.15. The molecule has 0 aromatic heterocycles. The molecule has 0 spiro atoms. The summed E-state index contributed by atoms with van der Waals surface area (Å²) in [5.41, 5.74) is 4.35. The molecule has 0 saturated heterocycles. The first-order chi connectivity index (χ1) is 6.91. The molecule has 1 aromatic rings. The van der Waals surface area contributed by atoms with Crippen LogP contribution in [0.15, 0.2) is 0 Å². The van der Waals surface area contributed by atoms with E-state index < -0.39 is 17.2 Å². The molecule has 4 nitrogen and oxygen atoms in total. The molecule has 3 N–H and O–H groups in total. The number of phenols is 1. The van der Waals surface area contributed by atoms with Crippen LogP contribution in [0.3, 0.4) is 0 Å². The second-order valence-electron chi connectivity index (χ2n) is 2.52. The molecule has 0 atom stereocenters. The number of primary amides is 1. The van der Waals surface area contributed by atoms with Crippen molar-refractivity contribution in [2.75, 3.05) is 0 Å². The highest BCUT2D eigenvalue weighted by Crippen LogP contribution is 2.41. The standard InChI is InChI=1S/C8H3Cl3N2O2/c9-4-2(1-12)5(10)6(11)7(14)3(4)8(13)15/h14H,(H2,13,15). The number of nitrogens with two attached hydrogens (primary N) is 1. The summed E-state index contributed by atoms with van der Waals surface area (Å²) >= 11 is 16.9. The van der Waals surface area contributed by atoms with Gasteiger partial charge in [0.25, 0.3) is 5.91 Å². The molecule has 0 radical (unpaired) electrons. The van der Waals surface area contributed by atoms with Crippen LogP contribution >= 0.6 is 34.8 Å². The molecule has 0 bridgehead atoms. The van der Waals surface area contributed by atoms with Crippen LogP contribution in [0.1, 0.15) is 15.9 Å². The van der Waals surface area contributed by atoms with Gasteiger partial charge in [0.1, 0.15) is 22.4 Å². The molecule has 0 unspecified atom stereocenters. The lowest BCUT2D eigenvalue weighted by molar-refractivity contribution is 0.0998. The number of carbonyl (C=O) groups is 1. The highest BCUT2D eigenvalue weighted by molar-refractivity contribution is 6.46. The number of halogens is 3. The summed E-state index contributed by atoms with van der Waals surface area (Å²) in [5.74, 6) is -1.62. The Balaban J connectivity index is 3.78. The number of rotatable bonds is 1. The Labute approximate surface area is 99.8 Å². The Morgan fingerprint density at radius 1 is 1.27 bits per heavy atom. The molecule has 0 heterocycles. The van der Waals surface area contributed by atoms with E-state index in [1.54, 1.807) is 6.07 Å². The van der Waals surface area contributed by atoms with Gasteiger partial charge in [-0.05, 0) is 0 Å². The SMILES string of the molecule is N#Cc1c(Cl)c(Cl)c(O)c(C(N)=O)c1Cl. The van der Waals surface area contributed by atoms with Gasteiger partial charge in [0.2, 0.25) is 0 Å². The van der Waals surface area contributed by atoms with Crippen molar-refractivity contribution < 1.29 is 9.90 Å². The Bertz CT molecular complexity index is 494. The molecule has 1 rings (SSSR count). The van der Waals surface area contributed by atoms with Gasteiger partial charge in [-0.25, -0.2) is 0 Å². The summed E-state index contributed by atoms with van der Waals surface area (Å²) in [7, 11) is 0. The topological polar surface area (TPSA) is 87.1 Å². The van der Waals surface area contributed by atoms with Crippen LogP contribution in [-0.4, -0.2) is 11.0 Å².